The first-order chi connectivity index (χ1) is 9.43. The number of hydrogen-bond acceptors (Lipinski definition) is 5. The summed E-state index contributed by atoms with van der Waals surface area (Å²) >= 11 is 0. The average molecular weight is 274 g/mol. The molecule has 1 fully saturated rings. The second-order valence-corrected chi connectivity index (χ2v) is 6.37. The Morgan fingerprint density at radius 3 is 2.50 bits per heavy atom. The number of nitrogens with zero attached hydrogens (tertiary/aromatic N) is 3. The molecule has 2 aromatic rings. The van der Waals surface area contributed by atoms with Crippen molar-refractivity contribution in [2.45, 2.75) is 26.3 Å². The zero-order valence-electron chi connectivity index (χ0n) is 12.4. The van der Waals surface area contributed by atoms with Gasteiger partial charge in [-0.15, -0.1) is 0 Å². The number of hydrogen-bond donors (Lipinski definition) is 1. The molecule has 0 atom stereocenters. The van der Waals surface area contributed by atoms with E-state index in [0.717, 1.165) is 37.3 Å². The summed E-state index contributed by atoms with van der Waals surface area (Å²) in [5.41, 5.74) is 8.33. The summed E-state index contributed by atoms with van der Waals surface area (Å²) in [6.07, 6.45) is 0. The lowest BCUT2D eigenvalue weighted by Crippen LogP contribution is -2.53. The molecule has 1 aliphatic rings. The number of benzene rings is 1. The second kappa shape index (κ2) is 4.66. The maximum atomic E-state index is 5.83. The molecule has 2 heterocycles. The predicted molar refractivity (Wildman–Crippen MR) is 82.0 cm³/mol. The normalized spacial score (nSPS) is 17.9. The largest absolute Gasteiger partial charge is 0.423 e. The molecule has 1 saturated heterocycles. The van der Waals surface area contributed by atoms with E-state index in [4.69, 9.17) is 10.2 Å². The van der Waals surface area contributed by atoms with E-state index in [0.29, 0.717) is 11.7 Å². The zero-order valence-corrected chi connectivity index (χ0v) is 12.4. The molecule has 1 aromatic carbocycles. The maximum absolute atomic E-state index is 5.83. The van der Waals surface area contributed by atoms with Crippen molar-refractivity contribution in [1.82, 2.24) is 9.88 Å². The Labute approximate surface area is 119 Å². The Morgan fingerprint density at radius 2 is 1.85 bits per heavy atom. The lowest BCUT2D eigenvalue weighted by Gasteiger charge is -2.41. The van der Waals surface area contributed by atoms with Crippen LogP contribution < -0.4 is 10.6 Å². The van der Waals surface area contributed by atoms with Crippen LogP contribution in [-0.4, -0.2) is 41.6 Å². The van der Waals surface area contributed by atoms with Crippen LogP contribution in [0.4, 0.5) is 11.7 Å². The first-order valence-electron chi connectivity index (χ1n) is 7.09. The first-order valence-corrected chi connectivity index (χ1v) is 7.09. The van der Waals surface area contributed by atoms with Gasteiger partial charge in [0.05, 0.1) is 0 Å². The number of nitrogens with two attached hydrogens (primary N) is 1. The summed E-state index contributed by atoms with van der Waals surface area (Å²) in [7, 11) is 0. The van der Waals surface area contributed by atoms with E-state index in [1.165, 1.54) is 0 Å². The van der Waals surface area contributed by atoms with Crippen molar-refractivity contribution >= 4 is 22.8 Å². The molecule has 0 radical (unpaired) electrons. The first kappa shape index (κ1) is 13.2. The molecule has 1 aliphatic heterocycles. The minimum Gasteiger partial charge on any atom is -0.423 e. The molecule has 0 unspecified atom stereocenters. The highest BCUT2D eigenvalue weighted by Gasteiger charge is 2.27. The van der Waals surface area contributed by atoms with E-state index in [1.54, 1.807) is 0 Å². The Hall–Kier alpha value is -1.75. The monoisotopic (exact) mass is 274 g/mol. The fourth-order valence-electron chi connectivity index (χ4n) is 2.63. The van der Waals surface area contributed by atoms with Crippen molar-refractivity contribution in [1.29, 1.82) is 0 Å². The van der Waals surface area contributed by atoms with Crippen molar-refractivity contribution in [3.63, 3.8) is 0 Å². The standard InChI is InChI=1S/C15H22N4O/c1-15(2,3)19-8-6-18(7-9-19)14-17-12-5-4-11(16)10-13(12)20-14/h4-5,10H,6-9,16H2,1-3H3. The highest BCUT2D eigenvalue weighted by molar-refractivity contribution is 5.78. The molecule has 1 aromatic heterocycles. The zero-order chi connectivity index (χ0) is 14.3. The van der Waals surface area contributed by atoms with Crippen LogP contribution >= 0.6 is 0 Å². The molecular weight excluding hydrogens is 252 g/mol. The third-order valence-corrected chi connectivity index (χ3v) is 3.90. The van der Waals surface area contributed by atoms with Gasteiger partial charge in [-0.2, -0.15) is 4.98 Å². The summed E-state index contributed by atoms with van der Waals surface area (Å²) in [4.78, 5) is 9.25. The van der Waals surface area contributed by atoms with E-state index >= 15 is 0 Å². The molecule has 0 bridgehead atoms. The second-order valence-electron chi connectivity index (χ2n) is 6.37. The number of rotatable bonds is 1. The quantitative estimate of drug-likeness (QED) is 0.809. The lowest BCUT2D eigenvalue weighted by atomic mass is 10.1. The molecule has 2 N–H and O–H groups in total. The van der Waals surface area contributed by atoms with Gasteiger partial charge in [0, 0.05) is 43.5 Å². The van der Waals surface area contributed by atoms with Gasteiger partial charge in [0.15, 0.2) is 5.58 Å². The third kappa shape index (κ3) is 2.45. The minimum absolute atomic E-state index is 0.224. The Morgan fingerprint density at radius 1 is 1.15 bits per heavy atom. The van der Waals surface area contributed by atoms with Crippen molar-refractivity contribution in [3.05, 3.63) is 18.2 Å². The molecule has 0 spiro atoms. The average Bonchev–Trinajstić information content (AvgIpc) is 2.80. The van der Waals surface area contributed by atoms with Crippen LogP contribution in [-0.2, 0) is 0 Å². The predicted octanol–water partition coefficient (Wildman–Crippen LogP) is 2.33. The molecule has 20 heavy (non-hydrogen) atoms. The van der Waals surface area contributed by atoms with Gasteiger partial charge < -0.3 is 15.1 Å². The van der Waals surface area contributed by atoms with Crippen LogP contribution in [0, 0.1) is 0 Å². The lowest BCUT2D eigenvalue weighted by molar-refractivity contribution is 0.127. The summed E-state index contributed by atoms with van der Waals surface area (Å²) in [6.45, 7) is 10.7. The van der Waals surface area contributed by atoms with Gasteiger partial charge in [-0.3, -0.25) is 4.90 Å². The summed E-state index contributed by atoms with van der Waals surface area (Å²) in [6, 6.07) is 6.30. The summed E-state index contributed by atoms with van der Waals surface area (Å²) < 4.78 is 5.83. The fraction of sp³-hybridized carbons (Fsp3) is 0.533. The van der Waals surface area contributed by atoms with E-state index in [1.807, 2.05) is 18.2 Å². The molecule has 3 rings (SSSR count). The Balaban J connectivity index is 1.76. The number of anilines is 2. The summed E-state index contributed by atoms with van der Waals surface area (Å²) in [5, 5.41) is 0. The van der Waals surface area contributed by atoms with Crippen molar-refractivity contribution in [2.24, 2.45) is 0 Å². The van der Waals surface area contributed by atoms with Crippen molar-refractivity contribution < 1.29 is 4.42 Å². The molecule has 5 nitrogen and oxygen atoms in total. The van der Waals surface area contributed by atoms with Crippen LogP contribution in [0.1, 0.15) is 20.8 Å². The topological polar surface area (TPSA) is 58.5 Å². The van der Waals surface area contributed by atoms with Gasteiger partial charge in [0.1, 0.15) is 5.52 Å². The van der Waals surface area contributed by atoms with Crippen LogP contribution in [0.15, 0.2) is 22.6 Å². The van der Waals surface area contributed by atoms with Gasteiger partial charge in [0.2, 0.25) is 0 Å². The van der Waals surface area contributed by atoms with Gasteiger partial charge >= 0.3 is 0 Å². The van der Waals surface area contributed by atoms with E-state index in [9.17, 15) is 0 Å². The molecule has 5 heteroatoms. The highest BCUT2D eigenvalue weighted by atomic mass is 16.4. The van der Waals surface area contributed by atoms with E-state index in [-0.39, 0.29) is 5.54 Å². The van der Waals surface area contributed by atoms with Gasteiger partial charge in [-0.25, -0.2) is 0 Å². The smallest absolute Gasteiger partial charge is 0.298 e. The number of nitrogen functional groups attached to an aromatic ring is 1. The van der Waals surface area contributed by atoms with Crippen molar-refractivity contribution in [2.75, 3.05) is 36.8 Å². The van der Waals surface area contributed by atoms with Crippen molar-refractivity contribution in [3.8, 4) is 0 Å². The fourth-order valence-corrected chi connectivity index (χ4v) is 2.63. The number of piperazine rings is 1. The van der Waals surface area contributed by atoms with Crippen LogP contribution in [0.5, 0.6) is 0 Å². The van der Waals surface area contributed by atoms with E-state index in [2.05, 4.69) is 35.6 Å². The van der Waals surface area contributed by atoms with Crippen LogP contribution in [0.3, 0.4) is 0 Å². The number of fused-ring (bicyclic) bond motifs is 1. The molecule has 0 amide bonds. The number of aromatic nitrogens is 1. The Bertz CT molecular complexity index is 606. The molecule has 0 aliphatic carbocycles. The third-order valence-electron chi connectivity index (χ3n) is 3.90. The summed E-state index contributed by atoms with van der Waals surface area (Å²) in [5.74, 6) is 0. The Kier molecular flexibility index (Phi) is 3.09. The van der Waals surface area contributed by atoms with Gasteiger partial charge in [0.25, 0.3) is 6.01 Å². The maximum Gasteiger partial charge on any atom is 0.298 e. The number of oxazole rings is 1. The SMILES string of the molecule is CC(C)(C)N1CCN(c2nc3ccc(N)cc3o2)CC1. The van der Waals surface area contributed by atoms with Gasteiger partial charge in [-0.05, 0) is 32.9 Å². The highest BCUT2D eigenvalue weighted by Crippen LogP contribution is 2.25. The molecule has 108 valence electrons. The van der Waals surface area contributed by atoms with Crippen LogP contribution in [0.2, 0.25) is 0 Å². The van der Waals surface area contributed by atoms with E-state index < -0.39 is 0 Å². The van der Waals surface area contributed by atoms with Gasteiger partial charge in [-0.1, -0.05) is 0 Å². The minimum atomic E-state index is 0.224. The van der Waals surface area contributed by atoms with Crippen LogP contribution in [0.25, 0.3) is 11.1 Å². The molecular formula is C15H22N4O. The molecule has 0 saturated carbocycles.